The molecule has 2 rings (SSSR count). The van der Waals surface area contributed by atoms with Gasteiger partial charge in [0, 0.05) is 19.8 Å². The number of anilines is 3. The Bertz CT molecular complexity index is 698. The third-order valence-electron chi connectivity index (χ3n) is 2.88. The summed E-state index contributed by atoms with van der Waals surface area (Å²) in [5.74, 6) is 0. The molecule has 0 atom stereocenters. The first-order valence-corrected chi connectivity index (χ1v) is 7.50. The molecule has 6 heteroatoms. The molecule has 2 aromatic carbocycles. The zero-order valence-electron chi connectivity index (χ0n) is 11.4. The molecule has 0 heterocycles. The molecule has 0 bridgehead atoms. The molecule has 0 unspecified atom stereocenters. The van der Waals surface area contributed by atoms with Crippen molar-refractivity contribution in [3.63, 3.8) is 0 Å². The lowest BCUT2D eigenvalue weighted by molar-refractivity contribution is 0.521. The summed E-state index contributed by atoms with van der Waals surface area (Å²) < 4.78 is 25.5. The van der Waals surface area contributed by atoms with E-state index in [0.29, 0.717) is 5.69 Å². The first-order valence-electron chi connectivity index (χ1n) is 6.06. The number of sulfonamides is 1. The van der Waals surface area contributed by atoms with Gasteiger partial charge in [0.1, 0.15) is 4.90 Å². The van der Waals surface area contributed by atoms with Gasteiger partial charge in [-0.25, -0.2) is 12.7 Å². The van der Waals surface area contributed by atoms with Crippen molar-refractivity contribution < 1.29 is 8.42 Å². The Morgan fingerprint density at radius 1 is 1.00 bits per heavy atom. The SMILES string of the molecule is CN(C)S(=O)(=O)c1cccc(Nc2ccccc2)c1N. The third kappa shape index (κ3) is 2.76. The van der Waals surface area contributed by atoms with Crippen molar-refractivity contribution in [1.29, 1.82) is 0 Å². The highest BCUT2D eigenvalue weighted by Crippen LogP contribution is 2.30. The number of hydrogen-bond acceptors (Lipinski definition) is 4. The maximum atomic E-state index is 12.2. The van der Waals surface area contributed by atoms with Gasteiger partial charge >= 0.3 is 0 Å². The summed E-state index contributed by atoms with van der Waals surface area (Å²) in [7, 11) is -0.598. The van der Waals surface area contributed by atoms with E-state index in [2.05, 4.69) is 5.32 Å². The van der Waals surface area contributed by atoms with Gasteiger partial charge in [-0.05, 0) is 24.3 Å². The predicted molar refractivity (Wildman–Crippen MR) is 81.5 cm³/mol. The molecule has 0 saturated heterocycles. The van der Waals surface area contributed by atoms with E-state index in [4.69, 9.17) is 5.73 Å². The molecule has 3 N–H and O–H groups in total. The first-order chi connectivity index (χ1) is 9.43. The van der Waals surface area contributed by atoms with Crippen LogP contribution in [0.2, 0.25) is 0 Å². The van der Waals surface area contributed by atoms with E-state index in [1.807, 2.05) is 30.3 Å². The Hall–Kier alpha value is -2.05. The van der Waals surface area contributed by atoms with Crippen LogP contribution in [-0.4, -0.2) is 26.8 Å². The summed E-state index contributed by atoms with van der Waals surface area (Å²) >= 11 is 0. The van der Waals surface area contributed by atoms with Gasteiger partial charge in [-0.15, -0.1) is 0 Å². The molecule has 0 saturated carbocycles. The molecule has 0 aromatic heterocycles. The van der Waals surface area contributed by atoms with Crippen molar-refractivity contribution in [3.05, 3.63) is 48.5 Å². The summed E-state index contributed by atoms with van der Waals surface area (Å²) in [4.78, 5) is 0.100. The average Bonchev–Trinajstić information content (AvgIpc) is 2.42. The van der Waals surface area contributed by atoms with Crippen LogP contribution in [0.4, 0.5) is 17.1 Å². The molecule has 0 amide bonds. The van der Waals surface area contributed by atoms with Gasteiger partial charge < -0.3 is 11.1 Å². The second-order valence-electron chi connectivity index (χ2n) is 4.50. The smallest absolute Gasteiger partial charge is 0.244 e. The minimum atomic E-state index is -3.55. The minimum Gasteiger partial charge on any atom is -0.396 e. The van der Waals surface area contributed by atoms with Crippen molar-refractivity contribution >= 4 is 27.1 Å². The molecule has 0 spiro atoms. The van der Waals surface area contributed by atoms with Gasteiger partial charge in [0.25, 0.3) is 0 Å². The fraction of sp³-hybridized carbons (Fsp3) is 0.143. The first kappa shape index (κ1) is 14.4. The molecule has 5 nitrogen and oxygen atoms in total. The van der Waals surface area contributed by atoms with Crippen LogP contribution in [0.25, 0.3) is 0 Å². The quantitative estimate of drug-likeness (QED) is 0.847. The summed E-state index contributed by atoms with van der Waals surface area (Å²) in [5, 5.41) is 3.12. The Kier molecular flexibility index (Phi) is 3.96. The Morgan fingerprint density at radius 3 is 2.25 bits per heavy atom. The van der Waals surface area contributed by atoms with Crippen LogP contribution in [0.5, 0.6) is 0 Å². The van der Waals surface area contributed by atoms with E-state index >= 15 is 0 Å². The topological polar surface area (TPSA) is 75.4 Å². The highest BCUT2D eigenvalue weighted by Gasteiger charge is 2.21. The van der Waals surface area contributed by atoms with Gasteiger partial charge in [0.15, 0.2) is 0 Å². The second-order valence-corrected chi connectivity index (χ2v) is 6.62. The van der Waals surface area contributed by atoms with Crippen LogP contribution >= 0.6 is 0 Å². The number of nitrogens with zero attached hydrogens (tertiary/aromatic N) is 1. The standard InChI is InChI=1S/C14H17N3O2S/c1-17(2)20(18,19)13-10-6-9-12(14(13)15)16-11-7-4-3-5-8-11/h3-10,16H,15H2,1-2H3. The number of para-hydroxylation sites is 2. The summed E-state index contributed by atoms with van der Waals surface area (Å²) in [6.45, 7) is 0. The third-order valence-corrected chi connectivity index (χ3v) is 4.75. The number of rotatable bonds is 4. The minimum absolute atomic E-state index is 0.100. The Morgan fingerprint density at radius 2 is 1.65 bits per heavy atom. The normalized spacial score (nSPS) is 11.6. The highest BCUT2D eigenvalue weighted by molar-refractivity contribution is 7.89. The van der Waals surface area contributed by atoms with E-state index < -0.39 is 10.0 Å². The van der Waals surface area contributed by atoms with E-state index in [1.54, 1.807) is 12.1 Å². The largest absolute Gasteiger partial charge is 0.396 e. The summed E-state index contributed by atoms with van der Waals surface area (Å²) in [6, 6.07) is 14.4. The number of nitrogens with one attached hydrogen (secondary N) is 1. The van der Waals surface area contributed by atoms with E-state index in [-0.39, 0.29) is 10.6 Å². The molecular weight excluding hydrogens is 274 g/mol. The molecule has 0 aliphatic rings. The van der Waals surface area contributed by atoms with Crippen molar-refractivity contribution in [2.24, 2.45) is 0 Å². The number of benzene rings is 2. The zero-order valence-corrected chi connectivity index (χ0v) is 12.2. The molecular formula is C14H17N3O2S. The Labute approximate surface area is 119 Å². The van der Waals surface area contributed by atoms with Crippen LogP contribution in [0.1, 0.15) is 0 Å². The van der Waals surface area contributed by atoms with Crippen molar-refractivity contribution in [3.8, 4) is 0 Å². The van der Waals surface area contributed by atoms with Crippen LogP contribution in [0.3, 0.4) is 0 Å². The van der Waals surface area contributed by atoms with Crippen LogP contribution < -0.4 is 11.1 Å². The monoisotopic (exact) mass is 291 g/mol. The number of hydrogen-bond donors (Lipinski definition) is 2. The molecule has 20 heavy (non-hydrogen) atoms. The lowest BCUT2D eigenvalue weighted by Gasteiger charge is -2.16. The average molecular weight is 291 g/mol. The molecule has 0 radical (unpaired) electrons. The molecule has 0 aliphatic heterocycles. The Balaban J connectivity index is 2.43. The highest BCUT2D eigenvalue weighted by atomic mass is 32.2. The lowest BCUT2D eigenvalue weighted by Crippen LogP contribution is -2.23. The predicted octanol–water partition coefficient (Wildman–Crippen LogP) is 2.26. The van der Waals surface area contributed by atoms with Crippen molar-refractivity contribution in [1.82, 2.24) is 4.31 Å². The number of nitrogens with two attached hydrogens (primary N) is 1. The van der Waals surface area contributed by atoms with Crippen LogP contribution in [0.15, 0.2) is 53.4 Å². The summed E-state index contributed by atoms with van der Waals surface area (Å²) in [6.07, 6.45) is 0. The van der Waals surface area contributed by atoms with Crippen LogP contribution in [0, 0.1) is 0 Å². The molecule has 2 aromatic rings. The molecule has 0 aliphatic carbocycles. The maximum Gasteiger partial charge on any atom is 0.244 e. The second kappa shape index (κ2) is 5.52. The van der Waals surface area contributed by atoms with Gasteiger partial charge in [-0.1, -0.05) is 24.3 Å². The van der Waals surface area contributed by atoms with Crippen molar-refractivity contribution in [2.75, 3.05) is 25.1 Å². The van der Waals surface area contributed by atoms with Gasteiger partial charge in [0.2, 0.25) is 10.0 Å². The zero-order chi connectivity index (χ0) is 14.8. The lowest BCUT2D eigenvalue weighted by atomic mass is 10.2. The van der Waals surface area contributed by atoms with Crippen molar-refractivity contribution in [2.45, 2.75) is 4.90 Å². The maximum absolute atomic E-state index is 12.2. The summed E-state index contributed by atoms with van der Waals surface area (Å²) in [5.41, 5.74) is 7.61. The fourth-order valence-corrected chi connectivity index (χ4v) is 2.78. The molecule has 0 fully saturated rings. The fourth-order valence-electron chi connectivity index (χ4n) is 1.75. The van der Waals surface area contributed by atoms with Gasteiger partial charge in [-0.3, -0.25) is 0 Å². The van der Waals surface area contributed by atoms with Gasteiger partial charge in [-0.2, -0.15) is 0 Å². The van der Waals surface area contributed by atoms with E-state index in [1.165, 1.54) is 20.2 Å². The molecule has 106 valence electrons. The van der Waals surface area contributed by atoms with Crippen LogP contribution in [-0.2, 0) is 10.0 Å². The van der Waals surface area contributed by atoms with E-state index in [9.17, 15) is 8.42 Å². The van der Waals surface area contributed by atoms with E-state index in [0.717, 1.165) is 9.99 Å². The van der Waals surface area contributed by atoms with Gasteiger partial charge in [0.05, 0.1) is 11.4 Å². The number of nitrogen functional groups attached to an aromatic ring is 1.